The number of nitrogens with zero attached hydrogens (tertiary/aromatic N) is 3. The number of ether oxygens (including phenoxy) is 1. The zero-order chi connectivity index (χ0) is 17.3. The number of fused-ring (bicyclic) bond motifs is 1. The summed E-state index contributed by atoms with van der Waals surface area (Å²) < 4.78 is 5.32. The number of aromatic nitrogens is 3. The molecule has 3 N–H and O–H groups in total. The number of hydrogen-bond donors (Lipinski definition) is 2. The van der Waals surface area contributed by atoms with Crippen LogP contribution >= 0.6 is 35.3 Å². The predicted molar refractivity (Wildman–Crippen MR) is 94.0 cm³/mol. The van der Waals surface area contributed by atoms with Gasteiger partial charge in [-0.1, -0.05) is 11.8 Å². The molecule has 1 aromatic heterocycles. The molecule has 1 unspecified atom stereocenters. The third-order valence-corrected chi connectivity index (χ3v) is 6.95. The SMILES string of the molecule is CC(C)OC(=O)C1=C(SCSc2cn[nH]n2)CS[C@@H]2C(N)C(=O)N12. The summed E-state index contributed by atoms with van der Waals surface area (Å²) in [6.07, 6.45) is 1.39. The lowest BCUT2D eigenvalue weighted by molar-refractivity contribution is -0.152. The van der Waals surface area contributed by atoms with Crippen molar-refractivity contribution in [1.29, 1.82) is 0 Å². The monoisotopic (exact) mass is 387 g/mol. The molecule has 1 aromatic rings. The van der Waals surface area contributed by atoms with Crippen LogP contribution in [0.2, 0.25) is 0 Å². The summed E-state index contributed by atoms with van der Waals surface area (Å²) >= 11 is 4.58. The van der Waals surface area contributed by atoms with Crippen molar-refractivity contribution in [3.63, 3.8) is 0 Å². The minimum absolute atomic E-state index is 0.181. The van der Waals surface area contributed by atoms with Crippen LogP contribution in [0.25, 0.3) is 0 Å². The Morgan fingerprint density at radius 1 is 1.58 bits per heavy atom. The first-order valence-electron chi connectivity index (χ1n) is 7.24. The van der Waals surface area contributed by atoms with Crippen molar-refractivity contribution in [2.75, 3.05) is 10.8 Å². The van der Waals surface area contributed by atoms with Crippen molar-refractivity contribution < 1.29 is 14.3 Å². The van der Waals surface area contributed by atoms with Crippen LogP contribution in [0.3, 0.4) is 0 Å². The van der Waals surface area contributed by atoms with Crippen molar-refractivity contribution in [1.82, 2.24) is 20.3 Å². The highest BCUT2D eigenvalue weighted by Crippen LogP contribution is 2.43. The minimum atomic E-state index is -0.548. The molecule has 130 valence electrons. The Balaban J connectivity index is 1.76. The third kappa shape index (κ3) is 3.44. The molecule has 0 aliphatic carbocycles. The number of rotatable bonds is 6. The number of H-pyrrole nitrogens is 1. The number of nitrogens with one attached hydrogen (secondary N) is 1. The molecule has 11 heteroatoms. The summed E-state index contributed by atoms with van der Waals surface area (Å²) in [5.41, 5.74) is 6.17. The highest BCUT2D eigenvalue weighted by Gasteiger charge is 2.52. The molecule has 0 aromatic carbocycles. The number of β-lactam (4-membered cyclic amide) rings is 1. The van der Waals surface area contributed by atoms with Crippen molar-refractivity contribution in [3.05, 3.63) is 16.8 Å². The summed E-state index contributed by atoms with van der Waals surface area (Å²) in [5, 5.41) is 11.5. The molecular weight excluding hydrogens is 370 g/mol. The molecule has 2 aliphatic rings. The fourth-order valence-corrected chi connectivity index (χ4v) is 5.80. The summed E-state index contributed by atoms with van der Waals surface area (Å²) in [5.74, 6) is -0.0658. The summed E-state index contributed by atoms with van der Waals surface area (Å²) in [6, 6.07) is -0.548. The Morgan fingerprint density at radius 3 is 3.04 bits per heavy atom. The van der Waals surface area contributed by atoms with Crippen LogP contribution in [-0.4, -0.2) is 60.5 Å². The number of esters is 1. The second-order valence-electron chi connectivity index (χ2n) is 5.38. The van der Waals surface area contributed by atoms with Crippen molar-refractivity contribution in [2.24, 2.45) is 5.73 Å². The molecule has 0 bridgehead atoms. The molecule has 2 atom stereocenters. The molecule has 0 radical (unpaired) electrons. The first kappa shape index (κ1) is 17.6. The van der Waals surface area contributed by atoms with Crippen molar-refractivity contribution in [2.45, 2.75) is 36.4 Å². The maximum absolute atomic E-state index is 12.5. The number of carbonyl (C=O) groups is 2. The zero-order valence-corrected chi connectivity index (χ0v) is 15.5. The maximum Gasteiger partial charge on any atom is 0.356 e. The lowest BCUT2D eigenvalue weighted by atomic mass is 10.1. The topological polar surface area (TPSA) is 114 Å². The van der Waals surface area contributed by atoms with E-state index in [0.29, 0.717) is 16.5 Å². The van der Waals surface area contributed by atoms with E-state index in [1.165, 1.54) is 28.4 Å². The van der Waals surface area contributed by atoms with E-state index in [0.717, 1.165) is 9.93 Å². The van der Waals surface area contributed by atoms with E-state index in [-0.39, 0.29) is 17.4 Å². The quantitative estimate of drug-likeness (QED) is 0.319. The standard InChI is InChI=1S/C13H17N5O3S3/c1-6(2)21-13(20)10-7(23-5-24-8-3-15-17-16-8)4-22-12-9(14)11(19)18(10)12/h3,6,9,12H,4-5,14H2,1-2H3,(H,15,16,17)/t9?,12-/m1/s1. The highest BCUT2D eigenvalue weighted by molar-refractivity contribution is 8.18. The van der Waals surface area contributed by atoms with Crippen LogP contribution in [0.15, 0.2) is 21.8 Å². The van der Waals surface area contributed by atoms with Gasteiger partial charge in [0.05, 0.1) is 17.4 Å². The van der Waals surface area contributed by atoms with Gasteiger partial charge in [-0.25, -0.2) is 4.79 Å². The Labute approximate surface area is 151 Å². The molecule has 8 nitrogen and oxygen atoms in total. The average Bonchev–Trinajstić information content (AvgIpc) is 3.06. The van der Waals surface area contributed by atoms with Gasteiger partial charge in [0.25, 0.3) is 0 Å². The van der Waals surface area contributed by atoms with Crippen molar-refractivity contribution in [3.8, 4) is 0 Å². The van der Waals surface area contributed by atoms with Crippen LogP contribution in [0.5, 0.6) is 0 Å². The molecular formula is C13H17N5O3S3. The number of aromatic amines is 1. The molecule has 2 aliphatic heterocycles. The number of amides is 1. The number of nitrogens with two attached hydrogens (primary N) is 1. The van der Waals surface area contributed by atoms with E-state index in [2.05, 4.69) is 15.4 Å². The number of hydrogen-bond acceptors (Lipinski definition) is 9. The Hall–Kier alpha value is -1.17. The molecule has 3 rings (SSSR count). The van der Waals surface area contributed by atoms with Crippen molar-refractivity contribution >= 4 is 47.2 Å². The lowest BCUT2D eigenvalue weighted by Crippen LogP contribution is -2.68. The van der Waals surface area contributed by atoms with E-state index in [4.69, 9.17) is 10.5 Å². The third-order valence-electron chi connectivity index (χ3n) is 3.34. The van der Waals surface area contributed by atoms with Gasteiger partial charge in [0.2, 0.25) is 5.91 Å². The highest BCUT2D eigenvalue weighted by atomic mass is 32.2. The molecule has 1 fully saturated rings. The van der Waals surface area contributed by atoms with Gasteiger partial charge in [0, 0.05) is 10.7 Å². The first-order valence-corrected chi connectivity index (χ1v) is 10.3. The van der Waals surface area contributed by atoms with Gasteiger partial charge in [-0.2, -0.15) is 10.3 Å². The van der Waals surface area contributed by atoms with Gasteiger partial charge in [0.1, 0.15) is 22.1 Å². The minimum Gasteiger partial charge on any atom is -0.458 e. The molecule has 1 saturated heterocycles. The van der Waals surface area contributed by atoms with Gasteiger partial charge >= 0.3 is 5.97 Å². The normalized spacial score (nSPS) is 23.3. The molecule has 0 saturated carbocycles. The van der Waals surface area contributed by atoms with Crippen LogP contribution in [-0.2, 0) is 14.3 Å². The second kappa shape index (κ2) is 7.38. The van der Waals surface area contributed by atoms with Gasteiger partial charge in [0.15, 0.2) is 0 Å². The van der Waals surface area contributed by atoms with Crippen LogP contribution in [0, 0.1) is 0 Å². The Bertz CT molecular complexity index is 664. The van der Waals surface area contributed by atoms with E-state index < -0.39 is 12.0 Å². The maximum atomic E-state index is 12.5. The molecule has 1 amide bonds. The van der Waals surface area contributed by atoms with Crippen LogP contribution in [0.1, 0.15) is 13.8 Å². The summed E-state index contributed by atoms with van der Waals surface area (Å²) in [4.78, 5) is 26.9. The fourth-order valence-electron chi connectivity index (χ4n) is 2.28. The average molecular weight is 388 g/mol. The van der Waals surface area contributed by atoms with Crippen LogP contribution in [0.4, 0.5) is 0 Å². The zero-order valence-electron chi connectivity index (χ0n) is 13.1. The molecule has 0 spiro atoms. The molecule has 3 heterocycles. The van der Waals surface area contributed by atoms with Crippen LogP contribution < -0.4 is 5.73 Å². The molecule has 24 heavy (non-hydrogen) atoms. The smallest absolute Gasteiger partial charge is 0.356 e. The van der Waals surface area contributed by atoms with Gasteiger partial charge in [-0.3, -0.25) is 9.69 Å². The van der Waals surface area contributed by atoms with E-state index in [1.807, 2.05) is 0 Å². The van der Waals surface area contributed by atoms with Gasteiger partial charge < -0.3 is 10.5 Å². The number of thioether (sulfide) groups is 3. The first-order chi connectivity index (χ1) is 11.5. The predicted octanol–water partition coefficient (Wildman–Crippen LogP) is 0.993. The Kier molecular flexibility index (Phi) is 5.42. The van der Waals surface area contributed by atoms with E-state index in [9.17, 15) is 9.59 Å². The van der Waals surface area contributed by atoms with E-state index >= 15 is 0 Å². The summed E-state index contributed by atoms with van der Waals surface area (Å²) in [6.45, 7) is 3.56. The lowest BCUT2D eigenvalue weighted by Gasteiger charge is -2.48. The van der Waals surface area contributed by atoms with Gasteiger partial charge in [-0.05, 0) is 13.8 Å². The fraction of sp³-hybridized carbons (Fsp3) is 0.538. The second-order valence-corrected chi connectivity index (χ2v) is 8.91. The number of carbonyl (C=O) groups excluding carboxylic acids is 2. The van der Waals surface area contributed by atoms with E-state index in [1.54, 1.807) is 31.8 Å². The summed E-state index contributed by atoms with van der Waals surface area (Å²) in [7, 11) is 0. The van der Waals surface area contributed by atoms with Gasteiger partial charge in [-0.15, -0.1) is 28.6 Å². The largest absolute Gasteiger partial charge is 0.458 e. The Morgan fingerprint density at radius 2 is 2.38 bits per heavy atom.